The Hall–Kier alpha value is -2.64. The fourth-order valence-electron chi connectivity index (χ4n) is 3.93. The van der Waals surface area contributed by atoms with Gasteiger partial charge in [-0.05, 0) is 90.9 Å². The van der Waals surface area contributed by atoms with Gasteiger partial charge in [-0.25, -0.2) is 4.99 Å². The number of nitrogens with zero attached hydrogens (tertiary/aromatic N) is 1. The first-order valence-corrected chi connectivity index (χ1v) is 12.9. The third kappa shape index (κ3) is 5.47. The highest BCUT2D eigenvalue weighted by atomic mass is 79.9. The number of aryl methyl sites for hydroxylation is 1. The molecule has 7 heteroatoms. The van der Waals surface area contributed by atoms with Gasteiger partial charge in [0, 0.05) is 16.8 Å². The number of thiophene rings is 1. The summed E-state index contributed by atoms with van der Waals surface area (Å²) in [6.07, 6.45) is 5.97. The van der Waals surface area contributed by atoms with Gasteiger partial charge in [0.15, 0.2) is 11.5 Å². The van der Waals surface area contributed by atoms with Gasteiger partial charge >= 0.3 is 0 Å². The van der Waals surface area contributed by atoms with E-state index in [2.05, 4.69) is 21.2 Å². The molecular formula is C26H27BrN2O3S. The number of hydrogen-bond acceptors (Lipinski definition) is 5. The zero-order valence-corrected chi connectivity index (χ0v) is 21.2. The number of nitrogens with one attached hydrogen (secondary N) is 1. The monoisotopic (exact) mass is 526 g/mol. The molecule has 1 N–H and O–H groups in total. The largest absolute Gasteiger partial charge is 0.490 e. The van der Waals surface area contributed by atoms with Crippen molar-refractivity contribution in [2.75, 3.05) is 18.5 Å². The number of carbonyl (C=O) groups excluding carboxylic acids is 1. The predicted molar refractivity (Wildman–Crippen MR) is 139 cm³/mol. The molecule has 172 valence electrons. The van der Waals surface area contributed by atoms with Crippen LogP contribution in [0, 0.1) is 0 Å². The molecule has 0 aliphatic heterocycles. The van der Waals surface area contributed by atoms with Crippen molar-refractivity contribution in [3.8, 4) is 11.5 Å². The number of para-hydroxylation sites is 1. The van der Waals surface area contributed by atoms with Crippen LogP contribution in [0.3, 0.4) is 0 Å². The van der Waals surface area contributed by atoms with Crippen LogP contribution in [0.1, 0.15) is 53.1 Å². The van der Waals surface area contributed by atoms with E-state index in [9.17, 15) is 4.79 Å². The lowest BCUT2D eigenvalue weighted by Gasteiger charge is -2.13. The highest BCUT2D eigenvalue weighted by Crippen LogP contribution is 2.41. The molecule has 0 saturated heterocycles. The van der Waals surface area contributed by atoms with Gasteiger partial charge in [0.25, 0.3) is 5.91 Å². The molecule has 1 aliphatic carbocycles. The molecule has 0 saturated carbocycles. The predicted octanol–water partition coefficient (Wildman–Crippen LogP) is 7.19. The summed E-state index contributed by atoms with van der Waals surface area (Å²) in [7, 11) is 0. The molecule has 5 nitrogen and oxygen atoms in total. The van der Waals surface area contributed by atoms with Crippen LogP contribution in [0.25, 0.3) is 0 Å². The summed E-state index contributed by atoms with van der Waals surface area (Å²) < 4.78 is 12.3. The van der Waals surface area contributed by atoms with Crippen molar-refractivity contribution >= 4 is 50.1 Å². The quantitative estimate of drug-likeness (QED) is 0.316. The molecule has 0 fully saturated rings. The minimum Gasteiger partial charge on any atom is -0.490 e. The first kappa shape index (κ1) is 23.5. The summed E-state index contributed by atoms with van der Waals surface area (Å²) in [5.41, 5.74) is 3.50. The van der Waals surface area contributed by atoms with Crippen molar-refractivity contribution in [1.29, 1.82) is 0 Å². The maximum Gasteiger partial charge on any atom is 0.259 e. The van der Waals surface area contributed by atoms with E-state index in [0.717, 1.165) is 52.0 Å². The number of fused-ring (bicyclic) bond motifs is 1. The first-order valence-electron chi connectivity index (χ1n) is 11.2. The van der Waals surface area contributed by atoms with Crippen molar-refractivity contribution in [3.05, 3.63) is 68.5 Å². The molecule has 0 spiro atoms. The molecule has 0 bridgehead atoms. The average molecular weight is 527 g/mol. The van der Waals surface area contributed by atoms with Crippen LogP contribution < -0.4 is 14.8 Å². The minimum atomic E-state index is -0.101. The lowest BCUT2D eigenvalue weighted by molar-refractivity contribution is 0.102. The second-order valence-electron chi connectivity index (χ2n) is 7.67. The SMILES string of the molecule is CCOc1cc(C=Nc2sc3c(c2C(=O)Nc2ccccc2)CCCC3)cc(Br)c1OCC. The minimum absolute atomic E-state index is 0.101. The van der Waals surface area contributed by atoms with E-state index in [1.165, 1.54) is 4.88 Å². The number of halogens is 1. The van der Waals surface area contributed by atoms with Gasteiger partial charge in [-0.15, -0.1) is 11.3 Å². The van der Waals surface area contributed by atoms with Crippen molar-refractivity contribution in [3.63, 3.8) is 0 Å². The molecule has 1 aromatic heterocycles. The normalized spacial score (nSPS) is 13.1. The van der Waals surface area contributed by atoms with Crippen LogP contribution >= 0.6 is 27.3 Å². The second-order valence-corrected chi connectivity index (χ2v) is 9.60. The lowest BCUT2D eigenvalue weighted by Crippen LogP contribution is -2.14. The molecule has 4 rings (SSSR count). The Kier molecular flexibility index (Phi) is 7.83. The maximum absolute atomic E-state index is 13.3. The summed E-state index contributed by atoms with van der Waals surface area (Å²) in [5.74, 6) is 1.25. The highest BCUT2D eigenvalue weighted by molar-refractivity contribution is 9.10. The van der Waals surface area contributed by atoms with Gasteiger partial charge in [-0.3, -0.25) is 4.79 Å². The second kappa shape index (κ2) is 11.0. The van der Waals surface area contributed by atoms with Gasteiger partial charge in [-0.1, -0.05) is 18.2 Å². The third-order valence-electron chi connectivity index (χ3n) is 5.36. The van der Waals surface area contributed by atoms with Gasteiger partial charge < -0.3 is 14.8 Å². The van der Waals surface area contributed by atoms with Crippen molar-refractivity contribution < 1.29 is 14.3 Å². The number of aliphatic imine (C=N–C) groups is 1. The van der Waals surface area contributed by atoms with E-state index in [1.807, 2.05) is 56.3 Å². The zero-order valence-electron chi connectivity index (χ0n) is 18.8. The third-order valence-corrected chi connectivity index (χ3v) is 7.15. The Bertz CT molecular complexity index is 1160. The van der Waals surface area contributed by atoms with Crippen molar-refractivity contribution in [2.24, 2.45) is 4.99 Å². The van der Waals surface area contributed by atoms with Crippen LogP contribution in [-0.4, -0.2) is 25.3 Å². The van der Waals surface area contributed by atoms with Gasteiger partial charge in [0.1, 0.15) is 5.00 Å². The highest BCUT2D eigenvalue weighted by Gasteiger charge is 2.25. The number of rotatable bonds is 8. The number of ether oxygens (including phenoxy) is 2. The van der Waals surface area contributed by atoms with E-state index in [-0.39, 0.29) is 5.91 Å². The Morgan fingerprint density at radius 3 is 2.64 bits per heavy atom. The fraction of sp³-hybridized carbons (Fsp3) is 0.308. The lowest BCUT2D eigenvalue weighted by atomic mass is 9.95. The topological polar surface area (TPSA) is 59.9 Å². The molecule has 1 heterocycles. The maximum atomic E-state index is 13.3. The van der Waals surface area contributed by atoms with Crippen molar-refractivity contribution in [2.45, 2.75) is 39.5 Å². The van der Waals surface area contributed by atoms with E-state index in [4.69, 9.17) is 14.5 Å². The van der Waals surface area contributed by atoms with Crippen LogP contribution in [0.5, 0.6) is 11.5 Å². The number of carbonyl (C=O) groups is 1. The molecule has 0 unspecified atom stereocenters. The molecule has 2 aromatic carbocycles. The van der Waals surface area contributed by atoms with E-state index in [1.54, 1.807) is 17.6 Å². The number of benzene rings is 2. The number of anilines is 1. The van der Waals surface area contributed by atoms with Crippen LogP contribution in [0.4, 0.5) is 10.7 Å². The summed E-state index contributed by atoms with van der Waals surface area (Å²) in [6.45, 7) is 4.97. The van der Waals surface area contributed by atoms with E-state index >= 15 is 0 Å². The van der Waals surface area contributed by atoms with Gasteiger partial charge in [-0.2, -0.15) is 0 Å². The van der Waals surface area contributed by atoms with E-state index < -0.39 is 0 Å². The summed E-state index contributed by atoms with van der Waals surface area (Å²) in [5, 5.41) is 3.79. The first-order chi connectivity index (χ1) is 16.1. The molecule has 1 amide bonds. The number of amides is 1. The van der Waals surface area contributed by atoms with E-state index in [0.29, 0.717) is 30.3 Å². The molecule has 33 heavy (non-hydrogen) atoms. The van der Waals surface area contributed by atoms with Crippen molar-refractivity contribution in [1.82, 2.24) is 0 Å². The van der Waals surface area contributed by atoms with Gasteiger partial charge in [0.05, 0.1) is 23.2 Å². The Labute approximate surface area is 207 Å². The molecule has 0 atom stereocenters. The molecule has 3 aromatic rings. The smallest absolute Gasteiger partial charge is 0.259 e. The van der Waals surface area contributed by atoms with Crippen LogP contribution in [0.15, 0.2) is 51.9 Å². The average Bonchev–Trinajstić information content (AvgIpc) is 3.19. The van der Waals surface area contributed by atoms with Gasteiger partial charge in [0.2, 0.25) is 0 Å². The fourth-order valence-corrected chi connectivity index (χ4v) is 5.74. The van der Waals surface area contributed by atoms with Crippen LogP contribution in [-0.2, 0) is 12.8 Å². The molecule has 1 aliphatic rings. The molecule has 0 radical (unpaired) electrons. The summed E-state index contributed by atoms with van der Waals surface area (Å²) >= 11 is 5.21. The standard InChI is InChI=1S/C26H27BrN2O3S/c1-3-31-21-15-17(14-20(27)24(21)32-4-2)16-28-26-23(19-12-8-9-13-22(19)33-26)25(30)29-18-10-6-5-7-11-18/h5-7,10-11,14-16H,3-4,8-9,12-13H2,1-2H3,(H,29,30). The zero-order chi connectivity index (χ0) is 23.2. The Morgan fingerprint density at radius 2 is 1.88 bits per heavy atom. The Balaban J connectivity index is 1.68. The number of hydrogen-bond donors (Lipinski definition) is 1. The summed E-state index contributed by atoms with van der Waals surface area (Å²) in [6, 6.07) is 13.4. The Morgan fingerprint density at radius 1 is 1.12 bits per heavy atom. The summed E-state index contributed by atoms with van der Waals surface area (Å²) in [4.78, 5) is 19.3. The molecular weight excluding hydrogens is 500 g/mol. The van der Waals surface area contributed by atoms with Crippen LogP contribution in [0.2, 0.25) is 0 Å².